The first-order valence-electron chi connectivity index (χ1n) is 22.7. The molecule has 0 unspecified atom stereocenters. The van der Waals surface area contributed by atoms with Crippen LogP contribution in [0.1, 0.15) is 62.3 Å². The van der Waals surface area contributed by atoms with Crippen LogP contribution in [0.5, 0.6) is 11.5 Å². The first kappa shape index (κ1) is 39.1. The van der Waals surface area contributed by atoms with Gasteiger partial charge in [0.2, 0.25) is 0 Å². The number of anilines is 4. The SMILES string of the molecule is [2H]C([2H])([2H])c1cc(-n2c3[c-]c(Oc4[c-]c(N5[CH-]N(c6cc(C(C)(C)C)cc(C(C)(C)C)c6)c6ccccc65)ccc4)ccc3c3cc(-c4ccccc4)ccc32)ncc1-c1cccc(F)c1.[Pt]. The molecule has 0 atom stereocenters. The number of rotatable bonds is 7. The van der Waals surface area contributed by atoms with Crippen LogP contribution < -0.4 is 14.5 Å². The van der Waals surface area contributed by atoms with Gasteiger partial charge in [-0.1, -0.05) is 120 Å². The monoisotopic (exact) mass is 1020 g/mol. The van der Waals surface area contributed by atoms with Gasteiger partial charge in [-0.05, 0) is 105 Å². The molecule has 0 fully saturated rings. The standard InChI is InChI=1S/C57H48FN4O.Pt/c1-37-27-55(59-35-50(37)40-17-13-18-43(58)28-40)62-51-26-23-39(38-15-9-8-10-16-38)29-49(51)48-25-24-47(34-54(48)62)63-46-20-14-19-44(33-46)60-36-61(53-22-12-11-21-52(53)60)45-31-41(56(2,3)4)30-42(32-45)57(5,6)7;/h8-32,35-36H,1-7H3;/q-3;/i1D3;. The minimum Gasteiger partial charge on any atom is -0.509 e. The summed E-state index contributed by atoms with van der Waals surface area (Å²) < 4.78 is 48.6. The maximum atomic E-state index is 14.4. The molecule has 1 aliphatic heterocycles. The number of hydrogen-bond acceptors (Lipinski definition) is 4. The van der Waals surface area contributed by atoms with Crippen molar-refractivity contribution in [2.24, 2.45) is 0 Å². The molecule has 7 heteroatoms. The summed E-state index contributed by atoms with van der Waals surface area (Å²) in [5.74, 6) is 0.855. The molecule has 0 bridgehead atoms. The third kappa shape index (κ3) is 8.01. The van der Waals surface area contributed by atoms with Crippen LogP contribution >= 0.6 is 0 Å². The quantitative estimate of drug-likeness (QED) is 0.149. The van der Waals surface area contributed by atoms with E-state index in [-0.39, 0.29) is 37.5 Å². The van der Waals surface area contributed by atoms with E-state index >= 15 is 0 Å². The molecular formula is C57H48FN4OPt-3. The van der Waals surface area contributed by atoms with E-state index < -0.39 is 12.7 Å². The van der Waals surface area contributed by atoms with E-state index in [0.717, 1.165) is 50.2 Å². The van der Waals surface area contributed by atoms with Gasteiger partial charge in [-0.25, -0.2) is 9.37 Å². The Morgan fingerprint density at radius 3 is 2.03 bits per heavy atom. The van der Waals surface area contributed by atoms with E-state index in [2.05, 4.69) is 131 Å². The topological polar surface area (TPSA) is 33.5 Å². The van der Waals surface area contributed by atoms with Gasteiger partial charge in [0.05, 0.1) is 0 Å². The maximum Gasteiger partial charge on any atom is 0.135 e. The molecule has 10 rings (SSSR count). The molecule has 0 radical (unpaired) electrons. The van der Waals surface area contributed by atoms with Crippen molar-refractivity contribution in [3.8, 4) is 39.6 Å². The van der Waals surface area contributed by atoms with Crippen molar-refractivity contribution in [1.82, 2.24) is 9.55 Å². The van der Waals surface area contributed by atoms with E-state index in [4.69, 9.17) is 13.8 Å². The maximum absolute atomic E-state index is 14.4. The summed E-state index contributed by atoms with van der Waals surface area (Å²) in [6.07, 6.45) is 1.52. The van der Waals surface area contributed by atoms with Crippen LogP contribution in [0.2, 0.25) is 0 Å². The number of aryl methyl sites for hydroxylation is 1. The Kier molecular flexibility index (Phi) is 10.1. The van der Waals surface area contributed by atoms with Crippen LogP contribution in [0, 0.1) is 31.5 Å². The summed E-state index contributed by atoms with van der Waals surface area (Å²) >= 11 is 0. The molecule has 0 amide bonds. The average Bonchev–Trinajstić information content (AvgIpc) is 3.84. The fourth-order valence-corrected chi connectivity index (χ4v) is 8.37. The summed E-state index contributed by atoms with van der Waals surface area (Å²) in [5, 5.41) is 1.82. The number of fused-ring (bicyclic) bond motifs is 4. The van der Waals surface area contributed by atoms with Gasteiger partial charge in [0.25, 0.3) is 0 Å². The fraction of sp³-hybridized carbons (Fsp3) is 0.158. The largest absolute Gasteiger partial charge is 0.509 e. The summed E-state index contributed by atoms with van der Waals surface area (Å²) in [5.41, 5.74) is 10.8. The van der Waals surface area contributed by atoms with Crippen molar-refractivity contribution in [1.29, 1.82) is 0 Å². The normalized spacial score (nSPS) is 13.6. The van der Waals surface area contributed by atoms with Gasteiger partial charge in [0.1, 0.15) is 11.6 Å². The van der Waals surface area contributed by atoms with Gasteiger partial charge in [-0.2, -0.15) is 12.1 Å². The van der Waals surface area contributed by atoms with Crippen LogP contribution in [-0.2, 0) is 31.9 Å². The van der Waals surface area contributed by atoms with Crippen molar-refractivity contribution in [2.45, 2.75) is 59.2 Å². The minimum absolute atomic E-state index is 0. The number of para-hydroxylation sites is 2. The summed E-state index contributed by atoms with van der Waals surface area (Å²) in [7, 11) is 0. The van der Waals surface area contributed by atoms with Gasteiger partial charge in [0, 0.05) is 71.0 Å². The first-order chi connectivity index (χ1) is 31.5. The Morgan fingerprint density at radius 1 is 0.625 bits per heavy atom. The smallest absolute Gasteiger partial charge is 0.135 e. The number of halogens is 1. The van der Waals surface area contributed by atoms with Crippen molar-refractivity contribution < 1.29 is 34.3 Å². The van der Waals surface area contributed by atoms with Gasteiger partial charge in [-0.15, -0.1) is 48.1 Å². The van der Waals surface area contributed by atoms with Gasteiger partial charge < -0.3 is 19.1 Å². The molecule has 322 valence electrons. The van der Waals surface area contributed by atoms with E-state index in [9.17, 15) is 4.39 Å². The third-order valence-corrected chi connectivity index (χ3v) is 11.8. The average molecular weight is 1020 g/mol. The second kappa shape index (κ2) is 16.6. The van der Waals surface area contributed by atoms with Crippen molar-refractivity contribution in [2.75, 3.05) is 9.80 Å². The predicted molar refractivity (Wildman–Crippen MR) is 257 cm³/mol. The Hall–Kier alpha value is -6.49. The molecule has 0 spiro atoms. The van der Waals surface area contributed by atoms with Crippen molar-refractivity contribution in [3.63, 3.8) is 0 Å². The molecule has 64 heavy (non-hydrogen) atoms. The zero-order valence-electron chi connectivity index (χ0n) is 39.5. The van der Waals surface area contributed by atoms with Gasteiger partial charge in [0.15, 0.2) is 0 Å². The number of ether oxygens (including phenoxy) is 1. The van der Waals surface area contributed by atoms with Crippen LogP contribution in [0.25, 0.3) is 49.9 Å². The minimum atomic E-state index is -2.52. The molecular weight excluding hydrogens is 971 g/mol. The van der Waals surface area contributed by atoms with Crippen molar-refractivity contribution in [3.05, 3.63) is 199 Å². The second-order valence-electron chi connectivity index (χ2n) is 18.2. The second-order valence-corrected chi connectivity index (χ2v) is 18.2. The first-order valence-corrected chi connectivity index (χ1v) is 21.2. The Bertz CT molecular complexity index is 3280. The van der Waals surface area contributed by atoms with Gasteiger partial charge >= 0.3 is 0 Å². The number of nitrogens with zero attached hydrogens (tertiary/aromatic N) is 4. The number of hydrogen-bond donors (Lipinski definition) is 0. The van der Waals surface area contributed by atoms with Crippen LogP contribution in [0.15, 0.2) is 158 Å². The Morgan fingerprint density at radius 2 is 1.31 bits per heavy atom. The summed E-state index contributed by atoms with van der Waals surface area (Å²) in [6, 6.07) is 56.0. The summed E-state index contributed by atoms with van der Waals surface area (Å²) in [4.78, 5) is 9.23. The molecule has 0 saturated heterocycles. The van der Waals surface area contributed by atoms with Crippen molar-refractivity contribution >= 4 is 44.6 Å². The molecule has 0 N–H and O–H groups in total. The van der Waals surface area contributed by atoms with E-state index in [0.29, 0.717) is 34.0 Å². The van der Waals surface area contributed by atoms with E-state index in [1.165, 1.54) is 29.5 Å². The molecule has 2 aromatic heterocycles. The summed E-state index contributed by atoms with van der Waals surface area (Å²) in [6.45, 7) is 13.1. The van der Waals surface area contributed by atoms with Crippen LogP contribution in [0.4, 0.5) is 27.1 Å². The third-order valence-electron chi connectivity index (χ3n) is 11.8. The fourth-order valence-electron chi connectivity index (χ4n) is 8.37. The van der Waals surface area contributed by atoms with Crippen LogP contribution in [-0.4, -0.2) is 9.55 Å². The van der Waals surface area contributed by atoms with E-state index in [1.807, 2.05) is 65.2 Å². The molecule has 0 saturated carbocycles. The van der Waals surface area contributed by atoms with Crippen LogP contribution in [0.3, 0.4) is 0 Å². The Balaban J connectivity index is 0.00000562. The molecule has 1 aliphatic rings. The van der Waals surface area contributed by atoms with E-state index in [1.54, 1.807) is 18.2 Å². The Labute approximate surface area is 394 Å². The molecule has 0 aliphatic carbocycles. The zero-order valence-corrected chi connectivity index (χ0v) is 38.8. The number of benzene rings is 7. The number of pyridine rings is 1. The zero-order chi connectivity index (χ0) is 46.1. The molecule has 5 nitrogen and oxygen atoms in total. The molecule has 7 aromatic carbocycles. The predicted octanol–water partition coefficient (Wildman–Crippen LogP) is 15.4. The molecule has 3 heterocycles. The van der Waals surface area contributed by atoms with Gasteiger partial charge in [-0.3, -0.25) is 0 Å². The number of aromatic nitrogens is 2. The molecule has 9 aromatic rings.